The van der Waals surface area contributed by atoms with E-state index < -0.39 is 6.10 Å². The van der Waals surface area contributed by atoms with Crippen LogP contribution in [-0.4, -0.2) is 33.7 Å². The quantitative estimate of drug-likeness (QED) is 0.663. The van der Waals surface area contributed by atoms with Crippen molar-refractivity contribution in [2.75, 3.05) is 12.4 Å². The zero-order valence-electron chi connectivity index (χ0n) is 15.1. The lowest BCUT2D eigenvalue weighted by Crippen LogP contribution is -2.34. The number of carbonyl (C=O) groups is 1. The molecule has 1 amide bonds. The second-order valence-electron chi connectivity index (χ2n) is 6.75. The Morgan fingerprint density at radius 3 is 2.77 bits per heavy atom. The van der Waals surface area contributed by atoms with Crippen LogP contribution >= 0.6 is 0 Å². The third kappa shape index (κ3) is 2.45. The molecular formula is C20H22N4O2. The molecule has 2 aromatic carbocycles. The van der Waals surface area contributed by atoms with Gasteiger partial charge in [-0.15, -0.1) is 0 Å². The van der Waals surface area contributed by atoms with Gasteiger partial charge in [-0.05, 0) is 24.1 Å². The van der Waals surface area contributed by atoms with Gasteiger partial charge in [0.15, 0.2) is 0 Å². The lowest BCUT2D eigenvalue weighted by atomic mass is 9.87. The fourth-order valence-electron chi connectivity index (χ4n) is 3.73. The Morgan fingerprint density at radius 2 is 2.08 bits per heavy atom. The summed E-state index contributed by atoms with van der Waals surface area (Å²) in [4.78, 5) is 17.1. The number of aliphatic hydroxyl groups is 1. The van der Waals surface area contributed by atoms with E-state index in [4.69, 9.17) is 4.98 Å². The highest BCUT2D eigenvalue weighted by atomic mass is 16.3. The summed E-state index contributed by atoms with van der Waals surface area (Å²) in [7, 11) is 3.56. The van der Waals surface area contributed by atoms with E-state index in [1.165, 1.54) is 0 Å². The van der Waals surface area contributed by atoms with Crippen LogP contribution in [0.3, 0.4) is 0 Å². The van der Waals surface area contributed by atoms with Crippen molar-refractivity contribution in [2.24, 2.45) is 7.05 Å². The SMILES string of the molecule is CNC(=O)c1cc2c(nc(C)n2C)c2c1C[C@@H](O)[C@@H](c1ccccc1)N2. The van der Waals surface area contributed by atoms with Gasteiger partial charge in [0.1, 0.15) is 11.3 Å². The van der Waals surface area contributed by atoms with E-state index in [-0.39, 0.29) is 11.9 Å². The monoisotopic (exact) mass is 350 g/mol. The van der Waals surface area contributed by atoms with Gasteiger partial charge in [-0.2, -0.15) is 0 Å². The van der Waals surface area contributed by atoms with E-state index in [9.17, 15) is 9.90 Å². The zero-order chi connectivity index (χ0) is 18.4. The molecule has 3 N–H and O–H groups in total. The predicted octanol–water partition coefficient (Wildman–Crippen LogP) is 2.31. The molecule has 0 fully saturated rings. The van der Waals surface area contributed by atoms with E-state index in [1.54, 1.807) is 7.05 Å². The molecular weight excluding hydrogens is 328 g/mol. The number of aliphatic hydroxyl groups excluding tert-OH is 1. The maximum absolute atomic E-state index is 12.5. The maximum Gasteiger partial charge on any atom is 0.251 e. The van der Waals surface area contributed by atoms with Crippen LogP contribution in [0.2, 0.25) is 0 Å². The van der Waals surface area contributed by atoms with Crippen LogP contribution < -0.4 is 10.6 Å². The van der Waals surface area contributed by atoms with Gasteiger partial charge in [0, 0.05) is 26.1 Å². The van der Waals surface area contributed by atoms with Crippen LogP contribution in [0.25, 0.3) is 11.0 Å². The van der Waals surface area contributed by atoms with Gasteiger partial charge in [0.2, 0.25) is 0 Å². The highest BCUT2D eigenvalue weighted by Gasteiger charge is 2.32. The Hall–Kier alpha value is -2.86. The van der Waals surface area contributed by atoms with Crippen molar-refractivity contribution in [1.29, 1.82) is 0 Å². The largest absolute Gasteiger partial charge is 0.390 e. The normalized spacial score (nSPS) is 19.1. The molecule has 0 bridgehead atoms. The summed E-state index contributed by atoms with van der Waals surface area (Å²) >= 11 is 0. The standard InChI is InChI=1S/C20H22N4O2/c1-11-22-19-15(24(11)3)9-14(20(26)21-2)13-10-16(25)17(23-18(13)19)12-7-5-4-6-8-12/h4-9,16-17,23,25H,10H2,1-3H3,(H,21,26)/t16-,17-/m1/s1. The lowest BCUT2D eigenvalue weighted by molar-refractivity contribution is 0.0960. The van der Waals surface area contributed by atoms with Gasteiger partial charge in [0.25, 0.3) is 5.91 Å². The van der Waals surface area contributed by atoms with Gasteiger partial charge >= 0.3 is 0 Å². The molecule has 1 aromatic heterocycles. The van der Waals surface area contributed by atoms with Crippen molar-refractivity contribution in [2.45, 2.75) is 25.5 Å². The number of nitrogens with one attached hydrogen (secondary N) is 2. The minimum Gasteiger partial charge on any atom is -0.390 e. The second-order valence-corrected chi connectivity index (χ2v) is 6.75. The number of aryl methyl sites for hydroxylation is 2. The van der Waals surface area contributed by atoms with Crippen molar-refractivity contribution >= 4 is 22.6 Å². The van der Waals surface area contributed by atoms with E-state index in [2.05, 4.69) is 10.6 Å². The number of anilines is 1. The number of nitrogens with zero attached hydrogens (tertiary/aromatic N) is 2. The van der Waals surface area contributed by atoms with E-state index in [1.807, 2.05) is 54.9 Å². The lowest BCUT2D eigenvalue weighted by Gasteiger charge is -2.33. The van der Waals surface area contributed by atoms with Crippen molar-refractivity contribution in [3.63, 3.8) is 0 Å². The molecule has 6 heteroatoms. The summed E-state index contributed by atoms with van der Waals surface area (Å²) in [6.07, 6.45) is -0.230. The number of hydrogen-bond donors (Lipinski definition) is 3. The molecule has 1 aliphatic rings. The first-order valence-corrected chi connectivity index (χ1v) is 8.71. The molecule has 0 unspecified atom stereocenters. The number of imidazole rings is 1. The van der Waals surface area contributed by atoms with Crippen LogP contribution in [-0.2, 0) is 13.5 Å². The summed E-state index contributed by atoms with van der Waals surface area (Å²) in [5, 5.41) is 16.9. The Kier molecular flexibility index (Phi) is 3.92. The van der Waals surface area contributed by atoms with Gasteiger partial charge in [-0.25, -0.2) is 4.98 Å². The number of amides is 1. The Morgan fingerprint density at radius 1 is 1.35 bits per heavy atom. The molecule has 0 aliphatic carbocycles. The number of hydrogen-bond acceptors (Lipinski definition) is 4. The van der Waals surface area contributed by atoms with Crippen LogP contribution in [0.15, 0.2) is 36.4 Å². The molecule has 3 aromatic rings. The van der Waals surface area contributed by atoms with E-state index in [0.29, 0.717) is 12.0 Å². The van der Waals surface area contributed by atoms with E-state index in [0.717, 1.165) is 33.7 Å². The number of fused-ring (bicyclic) bond motifs is 3. The van der Waals surface area contributed by atoms with Crippen molar-refractivity contribution in [1.82, 2.24) is 14.9 Å². The highest BCUT2D eigenvalue weighted by Crippen LogP contribution is 2.39. The summed E-state index contributed by atoms with van der Waals surface area (Å²) in [6, 6.07) is 11.5. The van der Waals surface area contributed by atoms with Crippen molar-refractivity contribution in [3.05, 3.63) is 58.9 Å². The molecule has 4 rings (SSSR count). The average molecular weight is 350 g/mol. The predicted molar refractivity (Wildman–Crippen MR) is 101 cm³/mol. The molecule has 6 nitrogen and oxygen atoms in total. The first-order valence-electron chi connectivity index (χ1n) is 8.71. The molecule has 2 atom stereocenters. The average Bonchev–Trinajstić information content (AvgIpc) is 2.95. The minimum atomic E-state index is -0.629. The smallest absolute Gasteiger partial charge is 0.251 e. The van der Waals surface area contributed by atoms with Gasteiger partial charge in [-0.1, -0.05) is 30.3 Å². The third-order valence-electron chi connectivity index (χ3n) is 5.24. The van der Waals surface area contributed by atoms with Crippen molar-refractivity contribution < 1.29 is 9.90 Å². The van der Waals surface area contributed by atoms with Crippen LogP contribution in [0.1, 0.15) is 33.4 Å². The molecule has 0 spiro atoms. The zero-order valence-corrected chi connectivity index (χ0v) is 15.1. The summed E-state index contributed by atoms with van der Waals surface area (Å²) in [5.41, 5.74) is 4.97. The second kappa shape index (κ2) is 6.14. The fraction of sp³-hybridized carbons (Fsp3) is 0.300. The molecule has 2 heterocycles. The first kappa shape index (κ1) is 16.6. The molecule has 1 aliphatic heterocycles. The molecule has 26 heavy (non-hydrogen) atoms. The van der Waals surface area contributed by atoms with Gasteiger partial charge in [-0.3, -0.25) is 4.79 Å². The number of rotatable bonds is 2. The van der Waals surface area contributed by atoms with Gasteiger partial charge < -0.3 is 20.3 Å². The Balaban J connectivity index is 1.94. The van der Waals surface area contributed by atoms with Crippen LogP contribution in [0.5, 0.6) is 0 Å². The number of aromatic nitrogens is 2. The first-order chi connectivity index (χ1) is 12.5. The minimum absolute atomic E-state index is 0.158. The maximum atomic E-state index is 12.5. The Bertz CT molecular complexity index is 994. The third-order valence-corrected chi connectivity index (χ3v) is 5.24. The Labute approximate surface area is 151 Å². The molecule has 0 radical (unpaired) electrons. The van der Waals surface area contributed by atoms with Crippen LogP contribution in [0, 0.1) is 6.92 Å². The van der Waals surface area contributed by atoms with Gasteiger partial charge in [0.05, 0.1) is 23.3 Å². The molecule has 0 saturated carbocycles. The van der Waals surface area contributed by atoms with Crippen molar-refractivity contribution in [3.8, 4) is 0 Å². The van der Waals surface area contributed by atoms with E-state index >= 15 is 0 Å². The highest BCUT2D eigenvalue weighted by molar-refractivity contribution is 6.04. The summed E-state index contributed by atoms with van der Waals surface area (Å²) in [6.45, 7) is 1.94. The van der Waals surface area contributed by atoms with Crippen LogP contribution in [0.4, 0.5) is 5.69 Å². The molecule has 0 saturated heterocycles. The molecule has 134 valence electrons. The number of carbonyl (C=O) groups excluding carboxylic acids is 1. The topological polar surface area (TPSA) is 79.2 Å². The summed E-state index contributed by atoms with van der Waals surface area (Å²) < 4.78 is 1.98. The summed E-state index contributed by atoms with van der Waals surface area (Å²) in [5.74, 6) is 0.717. The number of benzene rings is 2. The fourth-order valence-corrected chi connectivity index (χ4v) is 3.73.